The summed E-state index contributed by atoms with van der Waals surface area (Å²) < 4.78 is 12.6. The second-order valence-corrected chi connectivity index (χ2v) is 9.09. The van der Waals surface area contributed by atoms with Crippen LogP contribution in [-0.4, -0.2) is 27.5 Å². The first kappa shape index (κ1) is 20.1. The summed E-state index contributed by atoms with van der Waals surface area (Å²) in [4.78, 5) is 17.3. The molecule has 1 N–H and O–H groups in total. The van der Waals surface area contributed by atoms with Crippen LogP contribution in [-0.2, 0) is 4.79 Å². The zero-order chi connectivity index (χ0) is 21.2. The molecule has 3 heterocycles. The molecular formula is C23H26N4O3S. The monoisotopic (exact) mass is 438 g/mol. The topological polar surface area (TPSA) is 78.3 Å². The molecule has 7 nitrogen and oxygen atoms in total. The molecule has 1 saturated carbocycles. The van der Waals surface area contributed by atoms with Gasteiger partial charge in [0.05, 0.1) is 11.4 Å². The molecule has 2 aliphatic rings. The zero-order valence-corrected chi connectivity index (χ0v) is 18.4. The Morgan fingerprint density at radius 1 is 1.19 bits per heavy atom. The Morgan fingerprint density at radius 3 is 2.90 bits per heavy atom. The van der Waals surface area contributed by atoms with Crippen molar-refractivity contribution in [2.75, 3.05) is 12.1 Å². The van der Waals surface area contributed by atoms with Gasteiger partial charge in [-0.1, -0.05) is 32.1 Å². The molecule has 1 amide bonds. The maximum atomic E-state index is 12.6. The maximum absolute atomic E-state index is 12.6. The zero-order valence-electron chi connectivity index (χ0n) is 17.6. The fraction of sp³-hybridized carbons (Fsp3) is 0.435. The normalized spacial score (nSPS) is 15.9. The predicted octanol–water partition coefficient (Wildman–Crippen LogP) is 5.33. The number of ether oxygens (including phenoxy) is 2. The van der Waals surface area contributed by atoms with Crippen molar-refractivity contribution in [1.82, 2.24) is 14.8 Å². The molecule has 0 bridgehead atoms. The number of hydrogen-bond donors (Lipinski definition) is 1. The molecule has 162 valence electrons. The first-order chi connectivity index (χ1) is 15.2. The number of carbonyl (C=O) groups excluding carboxylic acids is 1. The maximum Gasteiger partial charge on any atom is 0.231 e. The summed E-state index contributed by atoms with van der Waals surface area (Å²) in [5, 5.41) is 10.3. The van der Waals surface area contributed by atoms with Gasteiger partial charge < -0.3 is 14.8 Å². The average molecular weight is 439 g/mol. The van der Waals surface area contributed by atoms with Gasteiger partial charge in [0.15, 0.2) is 11.5 Å². The van der Waals surface area contributed by atoms with Crippen LogP contribution in [0.4, 0.5) is 5.82 Å². The van der Waals surface area contributed by atoms with Gasteiger partial charge in [-0.3, -0.25) is 4.79 Å². The van der Waals surface area contributed by atoms with E-state index in [-0.39, 0.29) is 12.7 Å². The number of fused-ring (bicyclic) bond motifs is 1. The van der Waals surface area contributed by atoms with E-state index in [1.54, 1.807) is 4.68 Å². The van der Waals surface area contributed by atoms with E-state index in [9.17, 15) is 4.79 Å². The molecular weight excluding hydrogens is 412 g/mol. The van der Waals surface area contributed by atoms with Crippen LogP contribution in [0.15, 0.2) is 29.6 Å². The second kappa shape index (κ2) is 8.70. The molecule has 0 unspecified atom stereocenters. The molecule has 0 atom stereocenters. The largest absolute Gasteiger partial charge is 0.454 e. The molecule has 1 aromatic carbocycles. The number of aromatic nitrogens is 3. The average Bonchev–Trinajstić information content (AvgIpc) is 3.52. The fourth-order valence-electron chi connectivity index (χ4n) is 4.30. The molecule has 31 heavy (non-hydrogen) atoms. The van der Waals surface area contributed by atoms with Crippen LogP contribution in [0.1, 0.15) is 50.6 Å². The van der Waals surface area contributed by atoms with E-state index < -0.39 is 0 Å². The van der Waals surface area contributed by atoms with E-state index in [4.69, 9.17) is 14.5 Å². The summed E-state index contributed by atoms with van der Waals surface area (Å²) in [6.07, 6.45) is 7.96. The number of amides is 1. The van der Waals surface area contributed by atoms with Crippen molar-refractivity contribution >= 4 is 23.1 Å². The predicted molar refractivity (Wildman–Crippen MR) is 120 cm³/mol. The first-order valence-corrected chi connectivity index (χ1v) is 11.8. The van der Waals surface area contributed by atoms with Crippen molar-refractivity contribution in [2.45, 2.75) is 51.9 Å². The summed E-state index contributed by atoms with van der Waals surface area (Å²) in [7, 11) is 0. The van der Waals surface area contributed by atoms with E-state index in [0.29, 0.717) is 23.3 Å². The molecule has 1 aliphatic heterocycles. The molecule has 3 aromatic rings. The Hall–Kier alpha value is -2.87. The molecule has 2 aromatic heterocycles. The van der Waals surface area contributed by atoms with Gasteiger partial charge in [0.1, 0.15) is 5.82 Å². The molecule has 5 rings (SSSR count). The smallest absolute Gasteiger partial charge is 0.231 e. The summed E-state index contributed by atoms with van der Waals surface area (Å²) in [5.41, 5.74) is 2.62. The third-order valence-electron chi connectivity index (χ3n) is 5.94. The third kappa shape index (κ3) is 4.44. The van der Waals surface area contributed by atoms with Gasteiger partial charge >= 0.3 is 0 Å². The van der Waals surface area contributed by atoms with Gasteiger partial charge in [-0.15, -0.1) is 11.3 Å². The minimum Gasteiger partial charge on any atom is -0.454 e. The number of carbonyl (C=O) groups is 1. The van der Waals surface area contributed by atoms with Crippen LogP contribution >= 0.6 is 11.3 Å². The third-order valence-corrected chi connectivity index (χ3v) is 6.76. The van der Waals surface area contributed by atoms with E-state index in [1.807, 2.05) is 36.6 Å². The molecule has 8 heteroatoms. The quantitative estimate of drug-likeness (QED) is 0.563. The van der Waals surface area contributed by atoms with Crippen LogP contribution < -0.4 is 14.8 Å². The van der Waals surface area contributed by atoms with Gasteiger partial charge in [-0.05, 0) is 37.5 Å². The van der Waals surface area contributed by atoms with Crippen LogP contribution in [0.3, 0.4) is 0 Å². The Morgan fingerprint density at radius 2 is 2.03 bits per heavy atom. The first-order valence-electron chi connectivity index (χ1n) is 10.9. The van der Waals surface area contributed by atoms with Gasteiger partial charge in [0, 0.05) is 23.4 Å². The van der Waals surface area contributed by atoms with Crippen LogP contribution in [0, 0.1) is 12.8 Å². The van der Waals surface area contributed by atoms with Crippen molar-refractivity contribution < 1.29 is 14.3 Å². The highest BCUT2D eigenvalue weighted by atomic mass is 32.1. The number of benzene rings is 1. The summed E-state index contributed by atoms with van der Waals surface area (Å²) in [6, 6.07) is 7.69. The number of anilines is 1. The summed E-state index contributed by atoms with van der Waals surface area (Å²) in [5.74, 6) is 2.87. The van der Waals surface area contributed by atoms with E-state index in [0.717, 1.165) is 34.9 Å². The van der Waals surface area contributed by atoms with E-state index in [2.05, 4.69) is 10.4 Å². The molecule has 1 fully saturated rings. The van der Waals surface area contributed by atoms with Crippen LogP contribution in [0.5, 0.6) is 11.5 Å². The number of rotatable bonds is 6. The summed E-state index contributed by atoms with van der Waals surface area (Å²) >= 11 is 1.49. The van der Waals surface area contributed by atoms with E-state index in [1.165, 1.54) is 43.4 Å². The number of nitrogens with one attached hydrogen (secondary N) is 1. The van der Waals surface area contributed by atoms with Crippen LogP contribution in [0.2, 0.25) is 0 Å². The van der Waals surface area contributed by atoms with Gasteiger partial charge in [0.25, 0.3) is 0 Å². The second-order valence-electron chi connectivity index (χ2n) is 8.26. The van der Waals surface area contributed by atoms with Crippen molar-refractivity contribution in [3.8, 4) is 27.9 Å². The van der Waals surface area contributed by atoms with Crippen molar-refractivity contribution in [1.29, 1.82) is 0 Å². The van der Waals surface area contributed by atoms with Crippen molar-refractivity contribution in [3.05, 3.63) is 35.3 Å². The minimum absolute atomic E-state index is 0.0410. The lowest BCUT2D eigenvalue weighted by Gasteiger charge is -2.20. The number of nitrogens with zero attached hydrogens (tertiary/aromatic N) is 3. The van der Waals surface area contributed by atoms with E-state index >= 15 is 0 Å². The lowest BCUT2D eigenvalue weighted by atomic mass is 9.86. The van der Waals surface area contributed by atoms with Gasteiger partial charge in [-0.25, -0.2) is 4.98 Å². The minimum atomic E-state index is 0.0410. The lowest BCUT2D eigenvalue weighted by Crippen LogP contribution is -2.17. The van der Waals surface area contributed by atoms with Crippen molar-refractivity contribution in [2.24, 2.45) is 5.92 Å². The standard InChI is InChI=1S/C23H26N4O3S/c1-15-11-21(25-22(28)10-7-16-5-3-2-4-6-16)27(26-15)23-24-18(13-31-23)17-8-9-19-20(12-17)30-14-29-19/h8-9,11-13,16H,2-7,10,14H2,1H3,(H,25,28). The fourth-order valence-corrected chi connectivity index (χ4v) is 5.10. The van der Waals surface area contributed by atoms with Crippen LogP contribution in [0.25, 0.3) is 16.4 Å². The van der Waals surface area contributed by atoms with Gasteiger partial charge in [-0.2, -0.15) is 9.78 Å². The Balaban J connectivity index is 1.29. The van der Waals surface area contributed by atoms with Gasteiger partial charge in [0.2, 0.25) is 17.8 Å². The number of thiazole rings is 1. The molecule has 0 spiro atoms. The highest BCUT2D eigenvalue weighted by Gasteiger charge is 2.19. The lowest BCUT2D eigenvalue weighted by molar-refractivity contribution is -0.116. The number of aryl methyl sites for hydroxylation is 1. The molecule has 0 saturated heterocycles. The molecule has 0 radical (unpaired) electrons. The highest BCUT2D eigenvalue weighted by Crippen LogP contribution is 2.36. The Labute approximate surface area is 185 Å². The Bertz CT molecular complexity index is 1080. The SMILES string of the molecule is Cc1cc(NC(=O)CCC2CCCCC2)n(-c2nc(-c3ccc4c(c3)OCO4)cs2)n1. The Kier molecular flexibility index (Phi) is 5.63. The highest BCUT2D eigenvalue weighted by molar-refractivity contribution is 7.12. The number of hydrogen-bond acceptors (Lipinski definition) is 6. The molecule has 1 aliphatic carbocycles. The van der Waals surface area contributed by atoms with Crippen molar-refractivity contribution in [3.63, 3.8) is 0 Å². The summed E-state index contributed by atoms with van der Waals surface area (Å²) in [6.45, 7) is 2.16.